The molecule has 0 fully saturated rings. The number of rotatable bonds is 73. The van der Waals surface area contributed by atoms with E-state index in [9.17, 15) is 19.8 Å². The quantitative estimate of drug-likeness (QED) is 0.0320. The summed E-state index contributed by atoms with van der Waals surface area (Å²) < 4.78 is 5.49. The van der Waals surface area contributed by atoms with Crippen LogP contribution in [0.2, 0.25) is 0 Å². The molecule has 0 heterocycles. The maximum atomic E-state index is 12.5. The van der Waals surface area contributed by atoms with Gasteiger partial charge in [-0.1, -0.05) is 371 Å². The minimum absolute atomic E-state index is 0.00885. The SMILES string of the molecule is CCCCC/C=C\C/C=C\CCCCCCCC(=O)OCCCCCCCCCCCCCCCCCCCC/C=C\CCCCCCCCCCCCCCCCCCCC(=O)NC(CO)C(O)CCCCCCCCCCCCCCCC. The molecule has 0 aromatic carbocycles. The van der Waals surface area contributed by atoms with Gasteiger partial charge in [0.05, 0.1) is 25.4 Å². The molecule has 2 atom stereocenters. The van der Waals surface area contributed by atoms with E-state index in [0.717, 1.165) is 51.4 Å². The molecule has 0 aromatic heterocycles. The second kappa shape index (κ2) is 74.5. The van der Waals surface area contributed by atoms with Crippen LogP contribution in [0.1, 0.15) is 431 Å². The molecule has 1 amide bonds. The lowest BCUT2D eigenvalue weighted by Crippen LogP contribution is -2.45. The molecule has 0 spiro atoms. The molecule has 2 unspecified atom stereocenters. The summed E-state index contributed by atoms with van der Waals surface area (Å²) in [7, 11) is 0. The van der Waals surface area contributed by atoms with E-state index in [1.165, 1.54) is 347 Å². The molecule has 0 aromatic rings. The molecule has 0 aliphatic carbocycles. The third kappa shape index (κ3) is 71.0. The van der Waals surface area contributed by atoms with E-state index in [2.05, 4.69) is 55.6 Å². The molecule has 0 aliphatic rings. The van der Waals surface area contributed by atoms with Crippen molar-refractivity contribution in [2.24, 2.45) is 0 Å². The van der Waals surface area contributed by atoms with Crippen molar-refractivity contribution >= 4 is 11.9 Å². The first-order chi connectivity index (χ1) is 42.0. The van der Waals surface area contributed by atoms with Crippen LogP contribution in [0.3, 0.4) is 0 Å². The molecule has 85 heavy (non-hydrogen) atoms. The number of aliphatic hydroxyl groups is 2. The van der Waals surface area contributed by atoms with Gasteiger partial charge < -0.3 is 20.3 Å². The average Bonchev–Trinajstić information content (AvgIpc) is 3.52. The summed E-state index contributed by atoms with van der Waals surface area (Å²) in [6.07, 6.45) is 96.7. The first-order valence-electron chi connectivity index (χ1n) is 38.7. The molecular weight excluding hydrogens is 1040 g/mol. The first kappa shape index (κ1) is 83.1. The molecule has 3 N–H and O–H groups in total. The summed E-state index contributed by atoms with van der Waals surface area (Å²) in [6.45, 7) is 4.96. The van der Waals surface area contributed by atoms with Gasteiger partial charge in [0, 0.05) is 12.8 Å². The molecule has 0 radical (unpaired) electrons. The number of ether oxygens (including phenoxy) is 1. The highest BCUT2D eigenvalue weighted by Gasteiger charge is 2.20. The molecule has 0 saturated heterocycles. The Bertz CT molecular complexity index is 1380. The van der Waals surface area contributed by atoms with Gasteiger partial charge in [-0.05, 0) is 83.5 Å². The van der Waals surface area contributed by atoms with Crippen LogP contribution in [-0.4, -0.2) is 47.4 Å². The summed E-state index contributed by atoms with van der Waals surface area (Å²) in [5.74, 6) is -0.0190. The van der Waals surface area contributed by atoms with Gasteiger partial charge in [-0.2, -0.15) is 0 Å². The first-order valence-corrected chi connectivity index (χ1v) is 38.7. The number of carbonyl (C=O) groups is 2. The zero-order chi connectivity index (χ0) is 61.3. The molecule has 6 nitrogen and oxygen atoms in total. The molecule has 0 aliphatic heterocycles. The van der Waals surface area contributed by atoms with Crippen LogP contribution >= 0.6 is 0 Å². The van der Waals surface area contributed by atoms with Crippen molar-refractivity contribution in [3.63, 3.8) is 0 Å². The van der Waals surface area contributed by atoms with Crippen LogP contribution in [0.4, 0.5) is 0 Å². The van der Waals surface area contributed by atoms with Crippen LogP contribution in [0.25, 0.3) is 0 Å². The van der Waals surface area contributed by atoms with E-state index < -0.39 is 12.1 Å². The van der Waals surface area contributed by atoms with E-state index in [1.807, 2.05) is 0 Å². The van der Waals surface area contributed by atoms with E-state index >= 15 is 0 Å². The normalized spacial score (nSPS) is 12.7. The standard InChI is InChI=1S/C79H151NO5/c1-3-5-7-9-11-13-15-17-44-49-53-57-61-65-69-73-79(84)85-74-70-66-62-58-54-50-46-43-41-39-37-35-33-31-29-27-25-23-21-19-20-22-24-26-28-30-32-34-36-38-40-42-45-48-52-56-60-64-68-72-78(83)80-76(75-81)77(82)71-67-63-59-55-51-47-18-16-14-12-10-8-6-4-2/h11,13,17,19-20,44,76-77,81-82H,3-10,12,14-16,18,21-43,45-75H2,1-2H3,(H,80,83)/b13-11-,20-19-,44-17-. The van der Waals surface area contributed by atoms with Gasteiger partial charge in [-0.25, -0.2) is 0 Å². The van der Waals surface area contributed by atoms with Gasteiger partial charge in [-0.3, -0.25) is 9.59 Å². The van der Waals surface area contributed by atoms with Crippen molar-refractivity contribution in [3.8, 4) is 0 Å². The van der Waals surface area contributed by atoms with Gasteiger partial charge in [0.1, 0.15) is 0 Å². The molecule has 6 heteroatoms. The predicted octanol–water partition coefficient (Wildman–Crippen LogP) is 25.4. The number of hydrogen-bond acceptors (Lipinski definition) is 5. The third-order valence-electron chi connectivity index (χ3n) is 18.2. The summed E-state index contributed by atoms with van der Waals surface area (Å²) in [5, 5.41) is 23.3. The fourth-order valence-corrected chi connectivity index (χ4v) is 12.3. The number of hydrogen-bond donors (Lipinski definition) is 3. The smallest absolute Gasteiger partial charge is 0.305 e. The topological polar surface area (TPSA) is 95.9 Å². The van der Waals surface area contributed by atoms with Crippen molar-refractivity contribution < 1.29 is 24.5 Å². The average molecular weight is 1200 g/mol. The van der Waals surface area contributed by atoms with E-state index in [0.29, 0.717) is 25.9 Å². The number of nitrogens with one attached hydrogen (secondary N) is 1. The van der Waals surface area contributed by atoms with Gasteiger partial charge in [0.25, 0.3) is 0 Å². The summed E-state index contributed by atoms with van der Waals surface area (Å²) >= 11 is 0. The Kier molecular flexibility index (Phi) is 72.9. The fraction of sp³-hybridized carbons (Fsp3) is 0.899. The number of unbranched alkanes of at least 4 members (excludes halogenated alkanes) is 56. The highest BCUT2D eigenvalue weighted by Crippen LogP contribution is 2.19. The predicted molar refractivity (Wildman–Crippen MR) is 375 cm³/mol. The Hall–Kier alpha value is -1.92. The Balaban J connectivity index is 3.31. The molecular formula is C79H151NO5. The Labute approximate surface area is 532 Å². The Morgan fingerprint density at radius 2 is 0.588 bits per heavy atom. The highest BCUT2D eigenvalue weighted by atomic mass is 16.5. The monoisotopic (exact) mass is 1190 g/mol. The summed E-state index contributed by atoms with van der Waals surface area (Å²) in [6, 6.07) is -0.537. The number of esters is 1. The minimum Gasteiger partial charge on any atom is -0.466 e. The van der Waals surface area contributed by atoms with Crippen molar-refractivity contribution in [3.05, 3.63) is 36.5 Å². The second-order valence-electron chi connectivity index (χ2n) is 26.7. The number of aliphatic hydroxyl groups excluding tert-OH is 2. The van der Waals surface area contributed by atoms with Gasteiger partial charge in [-0.15, -0.1) is 0 Å². The van der Waals surface area contributed by atoms with Crippen molar-refractivity contribution in [1.82, 2.24) is 5.32 Å². The number of allylic oxidation sites excluding steroid dienone is 6. The van der Waals surface area contributed by atoms with Crippen molar-refractivity contribution in [1.29, 1.82) is 0 Å². The van der Waals surface area contributed by atoms with Crippen LogP contribution in [0.5, 0.6) is 0 Å². The third-order valence-corrected chi connectivity index (χ3v) is 18.2. The van der Waals surface area contributed by atoms with Gasteiger partial charge >= 0.3 is 5.97 Å². The number of amides is 1. The fourth-order valence-electron chi connectivity index (χ4n) is 12.3. The maximum absolute atomic E-state index is 12.5. The second-order valence-corrected chi connectivity index (χ2v) is 26.7. The Morgan fingerprint density at radius 1 is 0.329 bits per heavy atom. The lowest BCUT2D eigenvalue weighted by atomic mass is 10.0. The highest BCUT2D eigenvalue weighted by molar-refractivity contribution is 5.76. The molecule has 0 saturated carbocycles. The maximum Gasteiger partial charge on any atom is 0.305 e. The summed E-state index contributed by atoms with van der Waals surface area (Å²) in [4.78, 5) is 24.6. The molecule has 502 valence electrons. The molecule has 0 bridgehead atoms. The van der Waals surface area contributed by atoms with Gasteiger partial charge in [0.15, 0.2) is 0 Å². The van der Waals surface area contributed by atoms with E-state index in [1.54, 1.807) is 0 Å². The van der Waals surface area contributed by atoms with Crippen molar-refractivity contribution in [2.75, 3.05) is 13.2 Å². The lowest BCUT2D eigenvalue weighted by molar-refractivity contribution is -0.143. The van der Waals surface area contributed by atoms with Gasteiger partial charge in [0.2, 0.25) is 5.91 Å². The van der Waals surface area contributed by atoms with Crippen LogP contribution < -0.4 is 5.32 Å². The van der Waals surface area contributed by atoms with E-state index in [-0.39, 0.29) is 18.5 Å². The van der Waals surface area contributed by atoms with Crippen LogP contribution in [-0.2, 0) is 14.3 Å². The zero-order valence-electron chi connectivity index (χ0n) is 57.6. The zero-order valence-corrected chi connectivity index (χ0v) is 57.6. The lowest BCUT2D eigenvalue weighted by Gasteiger charge is -2.22. The largest absolute Gasteiger partial charge is 0.466 e. The summed E-state index contributed by atoms with van der Waals surface area (Å²) in [5.41, 5.74) is 0. The molecule has 0 rings (SSSR count). The van der Waals surface area contributed by atoms with E-state index in [4.69, 9.17) is 4.74 Å². The Morgan fingerprint density at radius 3 is 0.929 bits per heavy atom. The number of carbonyl (C=O) groups excluding carboxylic acids is 2. The van der Waals surface area contributed by atoms with Crippen LogP contribution in [0, 0.1) is 0 Å². The van der Waals surface area contributed by atoms with Crippen LogP contribution in [0.15, 0.2) is 36.5 Å². The van der Waals surface area contributed by atoms with Crippen molar-refractivity contribution in [2.45, 2.75) is 443 Å². The minimum atomic E-state index is -0.661.